The largest absolute Gasteiger partial charge is 0.473 e. The van der Waals surface area contributed by atoms with Gasteiger partial charge in [0.1, 0.15) is 12.4 Å². The number of aryl methyl sites for hydroxylation is 4. The van der Waals surface area contributed by atoms with Gasteiger partial charge in [0.25, 0.3) is 0 Å². The summed E-state index contributed by atoms with van der Waals surface area (Å²) in [6.07, 6.45) is 28.2. The maximum absolute atomic E-state index is 12.9. The molecule has 12 aromatic rings. The minimum absolute atomic E-state index is 0. The summed E-state index contributed by atoms with van der Waals surface area (Å²) in [6, 6.07) is 75.8. The molecule has 0 aromatic heterocycles. The third-order valence-electron chi connectivity index (χ3n) is 21.2. The zero-order valence-electron chi connectivity index (χ0n) is 69.4. The van der Waals surface area contributed by atoms with Crippen LogP contribution in [0.4, 0.5) is 67.4 Å². The molecule has 0 aliphatic heterocycles. The number of carbonyl (C=O) groups is 4. The van der Waals surface area contributed by atoms with Crippen molar-refractivity contribution >= 4 is 154 Å². The Bertz CT molecular complexity index is 5350. The second-order valence-electron chi connectivity index (χ2n) is 30.1. The SMILES string of the molecule is CCCCCCc1ccc(Nc2cc(Cc3ccc(N=C=O)c(Nc4ccc(CCCCCC)c5ccccc45)c3)ccc2N=C=O)c2ccccc12.CCCCCCc1ccc(Nc2cc(Cc3ccc(NC(=O)OCCOC)c(Nc4ccc(CCCCCC)c5ccccc45)c3)ccc2CC(C)=O)c2ccccc12.Cl.O=C(O)C(=O)O. The Balaban J connectivity index is 0.000000253. The number of unbranched alkanes of at least 4 members (excludes halogenated alkanes) is 12. The van der Waals surface area contributed by atoms with Crippen LogP contribution >= 0.6 is 12.4 Å². The van der Waals surface area contributed by atoms with Crippen molar-refractivity contribution in [2.45, 2.75) is 182 Å². The number of aliphatic imine (C=N–C) groups is 2. The number of isocyanates is 2. The van der Waals surface area contributed by atoms with Crippen molar-refractivity contribution in [3.8, 4) is 0 Å². The number of carboxylic acids is 2. The molecule has 0 spiro atoms. The van der Waals surface area contributed by atoms with E-state index < -0.39 is 18.0 Å². The highest BCUT2D eigenvalue weighted by Gasteiger charge is 2.19. The van der Waals surface area contributed by atoms with E-state index in [1.54, 1.807) is 26.2 Å². The van der Waals surface area contributed by atoms with Crippen LogP contribution in [0.15, 0.2) is 228 Å². The number of Topliss-reactive ketones (excluding diaryl/α,β-unsaturated/α-hetero) is 1. The number of amides is 1. The molecule has 0 aliphatic rings. The van der Waals surface area contributed by atoms with Crippen molar-refractivity contribution in [2.24, 2.45) is 9.98 Å². The zero-order chi connectivity index (χ0) is 83.4. The number of hydrogen-bond donors (Lipinski definition) is 7. The fourth-order valence-corrected chi connectivity index (χ4v) is 15.2. The molecular weight excluding hydrogens is 1510 g/mol. The van der Waals surface area contributed by atoms with Gasteiger partial charge < -0.3 is 41.0 Å². The third kappa shape index (κ3) is 26.6. The summed E-state index contributed by atoms with van der Waals surface area (Å²) in [6.45, 7) is 11.1. The van der Waals surface area contributed by atoms with Crippen LogP contribution < -0.4 is 26.6 Å². The van der Waals surface area contributed by atoms with Gasteiger partial charge in [-0.2, -0.15) is 9.98 Å². The molecule has 0 heterocycles. The van der Waals surface area contributed by atoms with Crippen molar-refractivity contribution in [2.75, 3.05) is 46.9 Å². The molecule has 0 saturated heterocycles. The summed E-state index contributed by atoms with van der Waals surface area (Å²) >= 11 is 0. The topological polar surface area (TPSA) is 246 Å². The second kappa shape index (κ2) is 47.8. The van der Waals surface area contributed by atoms with Crippen molar-refractivity contribution in [3.05, 3.63) is 268 Å². The molecule has 1 amide bonds. The van der Waals surface area contributed by atoms with Crippen LogP contribution in [-0.4, -0.2) is 66.5 Å². The average Bonchev–Trinajstić information content (AvgIpc) is 0.803. The van der Waals surface area contributed by atoms with Crippen LogP contribution in [0.2, 0.25) is 0 Å². The highest BCUT2D eigenvalue weighted by molar-refractivity contribution is 6.27. The smallest absolute Gasteiger partial charge is 0.414 e. The molecule has 12 rings (SSSR count). The summed E-state index contributed by atoms with van der Waals surface area (Å²) in [4.78, 5) is 74.5. The average molecular weight is 1620 g/mol. The number of benzene rings is 12. The summed E-state index contributed by atoms with van der Waals surface area (Å²) in [5.41, 5.74) is 19.3. The molecule has 7 N–H and O–H groups in total. The van der Waals surface area contributed by atoms with E-state index in [1.165, 1.54) is 152 Å². The maximum atomic E-state index is 12.9. The predicted molar refractivity (Wildman–Crippen MR) is 491 cm³/mol. The lowest BCUT2D eigenvalue weighted by molar-refractivity contribution is -0.159. The van der Waals surface area contributed by atoms with Gasteiger partial charge in [0, 0.05) is 63.5 Å². The molecular formula is C101H112ClN7O10. The van der Waals surface area contributed by atoms with E-state index in [4.69, 9.17) is 29.3 Å². The first kappa shape index (κ1) is 90.7. The van der Waals surface area contributed by atoms with E-state index in [9.17, 15) is 19.2 Å². The van der Waals surface area contributed by atoms with Gasteiger partial charge in [-0.1, -0.05) is 256 Å². The number of rotatable bonds is 40. The van der Waals surface area contributed by atoms with E-state index in [0.29, 0.717) is 42.9 Å². The van der Waals surface area contributed by atoms with Crippen molar-refractivity contribution in [1.82, 2.24) is 0 Å². The van der Waals surface area contributed by atoms with Crippen LogP contribution in [0, 0.1) is 0 Å². The van der Waals surface area contributed by atoms with Gasteiger partial charge in [0.2, 0.25) is 12.2 Å². The molecule has 119 heavy (non-hydrogen) atoms. The Morgan fingerprint density at radius 3 is 0.983 bits per heavy atom. The molecule has 17 nitrogen and oxygen atoms in total. The van der Waals surface area contributed by atoms with Crippen LogP contribution in [0.3, 0.4) is 0 Å². The van der Waals surface area contributed by atoms with Crippen molar-refractivity contribution in [3.63, 3.8) is 0 Å². The maximum Gasteiger partial charge on any atom is 0.414 e. The highest BCUT2D eigenvalue weighted by Crippen LogP contribution is 2.40. The van der Waals surface area contributed by atoms with Crippen LogP contribution in [0.5, 0.6) is 0 Å². The fraction of sp³-hybridized carbons (Fsp3) is 0.307. The number of nitrogens with zero attached hydrogens (tertiary/aromatic N) is 2. The van der Waals surface area contributed by atoms with Gasteiger partial charge in [-0.05, 0) is 209 Å². The standard InChI is InChI=1S/C52H61N3O4.C47H48N4O2.C2H2O4.ClH/c1-5-7-9-11-17-40-26-29-47(45-21-15-13-19-43(40)45)53-50-35-38(23-25-42(50)33-37(3)56)34-39-24-28-49(55-52(57)59-32-31-58-4)51(36-39)54-48-30-27-41(18-12-10-8-6-2)44-20-14-16-22-46(44)48;1-3-5-7-9-15-36-23-27-42(40-19-13-11-17-38(36)40)50-46-30-34(21-25-44(46)48-32-52)29-35-22-26-45(49-33-53)47(31-35)51-43-28-24-37(16-10-8-6-4-2)39-18-12-14-20-41(39)43;3-1(4)2(5)6;/h13-16,19-30,35-36,53-54H,5-12,17-18,31-34H2,1-4H3,(H,55,57);11-14,17-28,30-31,50-51H,3-10,15-16,29H2,1-2H3;(H,3,4)(H,5,6);1H. The molecule has 0 saturated carbocycles. The van der Waals surface area contributed by atoms with E-state index in [0.717, 1.165) is 115 Å². The number of fused-ring (bicyclic) bond motifs is 4. The fourth-order valence-electron chi connectivity index (χ4n) is 15.2. The van der Waals surface area contributed by atoms with E-state index in [2.05, 4.69) is 234 Å². The molecule has 618 valence electrons. The Labute approximate surface area is 706 Å². The summed E-state index contributed by atoms with van der Waals surface area (Å²) in [5, 5.41) is 41.9. The lowest BCUT2D eigenvalue weighted by Crippen LogP contribution is -2.17. The predicted octanol–water partition coefficient (Wildman–Crippen LogP) is 26.5. The van der Waals surface area contributed by atoms with Gasteiger partial charge in [0.15, 0.2) is 0 Å². The summed E-state index contributed by atoms with van der Waals surface area (Å²) < 4.78 is 10.5. The molecule has 12 aromatic carbocycles. The van der Waals surface area contributed by atoms with Crippen LogP contribution in [0.1, 0.15) is 187 Å². The Morgan fingerprint density at radius 2 is 0.647 bits per heavy atom. The minimum Gasteiger partial charge on any atom is -0.473 e. The molecule has 0 radical (unpaired) electrons. The summed E-state index contributed by atoms with van der Waals surface area (Å²) in [7, 11) is 1.58. The molecule has 0 bridgehead atoms. The van der Waals surface area contributed by atoms with Gasteiger partial charge >= 0.3 is 18.0 Å². The number of methoxy groups -OCH3 is 1. The molecule has 0 unspecified atom stereocenters. The molecule has 0 fully saturated rings. The second-order valence-corrected chi connectivity index (χ2v) is 30.1. The monoisotopic (exact) mass is 1620 g/mol. The van der Waals surface area contributed by atoms with E-state index in [-0.39, 0.29) is 24.8 Å². The van der Waals surface area contributed by atoms with Crippen molar-refractivity contribution < 1.29 is 48.5 Å². The lowest BCUT2D eigenvalue weighted by atomic mass is 9.96. The quantitative estimate of drug-likeness (QED) is 0.00817. The summed E-state index contributed by atoms with van der Waals surface area (Å²) in [5.74, 6) is -3.53. The number of ether oxygens (including phenoxy) is 2. The number of halogens is 1. The Kier molecular flexibility index (Phi) is 36.5. The first-order valence-electron chi connectivity index (χ1n) is 41.8. The van der Waals surface area contributed by atoms with Crippen LogP contribution in [-0.2, 0) is 78.4 Å². The number of carboxylic acid groups (broad SMARTS) is 2. The first-order chi connectivity index (χ1) is 57.6. The van der Waals surface area contributed by atoms with Gasteiger partial charge in [-0.15, -0.1) is 12.4 Å². The zero-order valence-corrected chi connectivity index (χ0v) is 70.2. The van der Waals surface area contributed by atoms with Crippen LogP contribution in [0.25, 0.3) is 43.1 Å². The molecule has 0 atom stereocenters. The molecule has 0 aliphatic carbocycles. The van der Waals surface area contributed by atoms with Gasteiger partial charge in [-0.25, -0.2) is 24.0 Å². The number of ketones is 1. The number of aliphatic carboxylic acids is 2. The number of anilines is 9. The normalized spacial score (nSPS) is 10.8. The van der Waals surface area contributed by atoms with E-state index in [1.807, 2.05) is 48.5 Å². The third-order valence-corrected chi connectivity index (χ3v) is 21.2. The first-order valence-corrected chi connectivity index (χ1v) is 41.8. The minimum atomic E-state index is -1.82. The van der Waals surface area contributed by atoms with Gasteiger partial charge in [-0.3, -0.25) is 10.1 Å². The number of nitrogens with one attached hydrogen (secondary N) is 5. The molecule has 18 heteroatoms. The van der Waals surface area contributed by atoms with Crippen molar-refractivity contribution in [1.29, 1.82) is 0 Å². The lowest BCUT2D eigenvalue weighted by Gasteiger charge is -2.18. The van der Waals surface area contributed by atoms with Gasteiger partial charge in [0.05, 0.1) is 40.7 Å². The van der Waals surface area contributed by atoms with E-state index >= 15 is 0 Å². The Morgan fingerprint density at radius 1 is 0.345 bits per heavy atom. The highest BCUT2D eigenvalue weighted by atomic mass is 35.5. The number of hydrogen-bond acceptors (Lipinski definition) is 14. The number of carbonyl (C=O) groups excluding carboxylic acids is 4. The Hall–Kier alpha value is -12.2.